The van der Waals surface area contributed by atoms with E-state index in [-0.39, 0.29) is 48.5 Å². The number of carbonyl (C=O) groups is 1. The molecule has 2 aromatic heterocycles. The summed E-state index contributed by atoms with van der Waals surface area (Å²) in [7, 11) is 0. The molecule has 0 aliphatic carbocycles. The number of hydrogen-bond donors (Lipinski definition) is 0. The Hall–Kier alpha value is -3.24. The molecule has 1 aliphatic heterocycles. The number of aromatic nitrogens is 3. The molecule has 7 nitrogen and oxygen atoms in total. The molecular weight excluding hydrogens is 384 g/mol. The van der Waals surface area contributed by atoms with Gasteiger partial charge < -0.3 is 13.8 Å². The molecule has 0 saturated carbocycles. The van der Waals surface area contributed by atoms with Gasteiger partial charge in [-0.25, -0.2) is 9.37 Å². The van der Waals surface area contributed by atoms with Gasteiger partial charge in [0.15, 0.2) is 5.69 Å². The first-order valence-corrected chi connectivity index (χ1v) is 8.26. The van der Waals surface area contributed by atoms with Crippen LogP contribution in [-0.4, -0.2) is 27.6 Å². The van der Waals surface area contributed by atoms with Crippen molar-refractivity contribution in [1.82, 2.24) is 15.1 Å². The normalized spacial score (nSPS) is 14.4. The molecule has 1 aliphatic rings. The zero-order chi connectivity index (χ0) is 19.9. The number of anilines is 1. The molecule has 0 radical (unpaired) electrons. The van der Waals surface area contributed by atoms with Crippen molar-refractivity contribution in [2.75, 3.05) is 11.4 Å². The third kappa shape index (κ3) is 3.47. The van der Waals surface area contributed by atoms with Gasteiger partial charge in [-0.1, -0.05) is 5.16 Å². The third-order valence-electron chi connectivity index (χ3n) is 4.23. The first-order valence-electron chi connectivity index (χ1n) is 8.26. The Labute approximate surface area is 155 Å². The highest BCUT2D eigenvalue weighted by molar-refractivity contribution is 5.96. The highest BCUT2D eigenvalue weighted by Crippen LogP contribution is 2.31. The topological polar surface area (TPSA) is 85.3 Å². The molecular formula is C17H12F4N4O3. The summed E-state index contributed by atoms with van der Waals surface area (Å²) in [5, 5.41) is 3.59. The highest BCUT2D eigenvalue weighted by atomic mass is 19.4. The Morgan fingerprint density at radius 1 is 1.18 bits per heavy atom. The van der Waals surface area contributed by atoms with Crippen LogP contribution >= 0.6 is 0 Å². The van der Waals surface area contributed by atoms with E-state index in [4.69, 9.17) is 4.52 Å². The van der Waals surface area contributed by atoms with E-state index in [0.29, 0.717) is 12.1 Å². The van der Waals surface area contributed by atoms with Gasteiger partial charge in [-0.15, -0.1) is 0 Å². The van der Waals surface area contributed by atoms with Crippen molar-refractivity contribution < 1.29 is 31.3 Å². The van der Waals surface area contributed by atoms with Crippen molar-refractivity contribution in [3.63, 3.8) is 0 Å². The Bertz CT molecular complexity index is 1030. The van der Waals surface area contributed by atoms with Crippen LogP contribution in [-0.2, 0) is 23.8 Å². The van der Waals surface area contributed by atoms with Gasteiger partial charge in [-0.2, -0.15) is 18.2 Å². The third-order valence-corrected chi connectivity index (χ3v) is 4.23. The first-order chi connectivity index (χ1) is 13.3. The molecule has 4 rings (SSSR count). The molecule has 0 bridgehead atoms. The van der Waals surface area contributed by atoms with Gasteiger partial charge in [0.05, 0.1) is 0 Å². The number of amides is 1. The van der Waals surface area contributed by atoms with Gasteiger partial charge in [0, 0.05) is 25.1 Å². The summed E-state index contributed by atoms with van der Waals surface area (Å²) in [4.78, 5) is 21.0. The van der Waals surface area contributed by atoms with Crippen LogP contribution in [0.15, 0.2) is 33.4 Å². The number of rotatable bonds is 4. The predicted molar refractivity (Wildman–Crippen MR) is 85.6 cm³/mol. The lowest BCUT2D eigenvalue weighted by Crippen LogP contribution is -2.36. The fourth-order valence-electron chi connectivity index (χ4n) is 2.95. The standard InChI is InChI=1S/C17H12F4N4O3/c18-10-2-3-12-9(7-10)1-4-14(26)25(12)6-5-13-23-15(24-28-13)11-8-27-16(22-11)17(19,20)21/h2-3,7-8H,1,4-6H2. The second-order valence-electron chi connectivity index (χ2n) is 6.12. The van der Waals surface area contributed by atoms with Crippen LogP contribution in [0.4, 0.5) is 23.2 Å². The summed E-state index contributed by atoms with van der Waals surface area (Å²) in [5.41, 5.74) is 1.13. The van der Waals surface area contributed by atoms with Gasteiger partial charge in [-0.05, 0) is 30.2 Å². The highest BCUT2D eigenvalue weighted by Gasteiger charge is 2.37. The number of halogens is 4. The zero-order valence-electron chi connectivity index (χ0n) is 14.2. The fourth-order valence-corrected chi connectivity index (χ4v) is 2.95. The van der Waals surface area contributed by atoms with Crippen molar-refractivity contribution in [2.45, 2.75) is 25.4 Å². The van der Waals surface area contributed by atoms with Crippen molar-refractivity contribution in [1.29, 1.82) is 0 Å². The Morgan fingerprint density at radius 2 is 2.00 bits per heavy atom. The molecule has 1 aromatic carbocycles. The van der Waals surface area contributed by atoms with Gasteiger partial charge in [0.1, 0.15) is 12.1 Å². The Morgan fingerprint density at radius 3 is 2.75 bits per heavy atom. The van der Waals surface area contributed by atoms with E-state index in [1.807, 2.05) is 0 Å². The van der Waals surface area contributed by atoms with E-state index in [2.05, 4.69) is 19.5 Å². The SMILES string of the molecule is O=C1CCc2cc(F)ccc2N1CCc1nc(-c2coc(C(F)(F)F)n2)no1. The number of benzene rings is 1. The monoisotopic (exact) mass is 396 g/mol. The fraction of sp³-hybridized carbons (Fsp3) is 0.294. The maximum absolute atomic E-state index is 13.4. The van der Waals surface area contributed by atoms with Gasteiger partial charge in [-0.3, -0.25) is 4.79 Å². The number of aryl methyl sites for hydroxylation is 1. The first kappa shape index (κ1) is 18.1. The summed E-state index contributed by atoms with van der Waals surface area (Å²) >= 11 is 0. The minimum atomic E-state index is -4.72. The molecule has 0 spiro atoms. The number of fused-ring (bicyclic) bond motifs is 1. The average molecular weight is 396 g/mol. The van der Waals surface area contributed by atoms with Crippen molar-refractivity contribution in [2.24, 2.45) is 0 Å². The predicted octanol–water partition coefficient (Wildman–Crippen LogP) is 3.40. The van der Waals surface area contributed by atoms with Crippen LogP contribution in [0, 0.1) is 5.82 Å². The summed E-state index contributed by atoms with van der Waals surface area (Å²) in [6.45, 7) is 0.200. The van der Waals surface area contributed by atoms with Gasteiger partial charge in [0.2, 0.25) is 17.6 Å². The molecule has 3 heterocycles. The maximum atomic E-state index is 13.4. The van der Waals surface area contributed by atoms with Crippen LogP contribution in [0.1, 0.15) is 23.8 Å². The van der Waals surface area contributed by atoms with E-state index in [0.717, 1.165) is 11.8 Å². The zero-order valence-corrected chi connectivity index (χ0v) is 14.2. The quantitative estimate of drug-likeness (QED) is 0.629. The lowest BCUT2D eigenvalue weighted by atomic mass is 10.0. The second-order valence-corrected chi connectivity index (χ2v) is 6.12. The summed E-state index contributed by atoms with van der Waals surface area (Å²) < 4.78 is 60.4. The van der Waals surface area contributed by atoms with Crippen molar-refractivity contribution >= 4 is 11.6 Å². The van der Waals surface area contributed by atoms with Crippen molar-refractivity contribution in [3.8, 4) is 11.5 Å². The molecule has 0 N–H and O–H groups in total. The minimum absolute atomic E-state index is 0.119. The number of hydrogen-bond acceptors (Lipinski definition) is 6. The molecule has 11 heteroatoms. The largest absolute Gasteiger partial charge is 0.468 e. The lowest BCUT2D eigenvalue weighted by Gasteiger charge is -2.29. The maximum Gasteiger partial charge on any atom is 0.468 e. The number of oxazole rings is 1. The molecule has 3 aromatic rings. The molecule has 0 fully saturated rings. The Balaban J connectivity index is 1.48. The molecule has 0 saturated heterocycles. The lowest BCUT2D eigenvalue weighted by molar-refractivity contribution is -0.157. The van der Waals surface area contributed by atoms with E-state index in [9.17, 15) is 22.4 Å². The number of carbonyl (C=O) groups excluding carboxylic acids is 1. The van der Waals surface area contributed by atoms with E-state index in [1.165, 1.54) is 23.1 Å². The van der Waals surface area contributed by atoms with Crippen LogP contribution in [0.25, 0.3) is 11.5 Å². The summed E-state index contributed by atoms with van der Waals surface area (Å²) in [6, 6.07) is 4.20. The van der Waals surface area contributed by atoms with E-state index in [1.54, 1.807) is 0 Å². The Kier molecular flexibility index (Phi) is 4.36. The smallest absolute Gasteiger partial charge is 0.441 e. The van der Waals surface area contributed by atoms with Crippen LogP contribution in [0.3, 0.4) is 0 Å². The number of nitrogens with zero attached hydrogens (tertiary/aromatic N) is 4. The van der Waals surface area contributed by atoms with E-state index < -0.39 is 12.1 Å². The average Bonchev–Trinajstić information content (AvgIpc) is 3.30. The van der Waals surface area contributed by atoms with Crippen LogP contribution in [0.2, 0.25) is 0 Å². The second kappa shape index (κ2) is 6.73. The minimum Gasteiger partial charge on any atom is -0.441 e. The number of alkyl halides is 3. The van der Waals surface area contributed by atoms with Gasteiger partial charge >= 0.3 is 12.1 Å². The van der Waals surface area contributed by atoms with Crippen LogP contribution < -0.4 is 4.90 Å². The molecule has 28 heavy (non-hydrogen) atoms. The summed E-state index contributed by atoms with van der Waals surface area (Å²) in [6.07, 6.45) is -3.05. The molecule has 0 unspecified atom stereocenters. The molecule has 146 valence electrons. The molecule has 1 amide bonds. The molecule has 0 atom stereocenters. The van der Waals surface area contributed by atoms with Gasteiger partial charge in [0.25, 0.3) is 0 Å². The summed E-state index contributed by atoms with van der Waals surface area (Å²) in [5.74, 6) is -1.93. The van der Waals surface area contributed by atoms with Crippen molar-refractivity contribution in [3.05, 3.63) is 47.6 Å². The van der Waals surface area contributed by atoms with E-state index >= 15 is 0 Å². The van der Waals surface area contributed by atoms with Crippen LogP contribution in [0.5, 0.6) is 0 Å².